The smallest absolute Gasteiger partial charge is 0.255 e. The first-order valence-electron chi connectivity index (χ1n) is 8.51. The van der Waals surface area contributed by atoms with E-state index in [1.807, 2.05) is 21.9 Å². The molecule has 1 heterocycles. The van der Waals surface area contributed by atoms with Crippen LogP contribution in [0.15, 0.2) is 22.7 Å². The van der Waals surface area contributed by atoms with Crippen LogP contribution in [0.5, 0.6) is 5.75 Å². The highest BCUT2D eigenvalue weighted by Crippen LogP contribution is 2.28. The fourth-order valence-corrected chi connectivity index (χ4v) is 3.94. The van der Waals surface area contributed by atoms with Crippen molar-refractivity contribution in [3.63, 3.8) is 0 Å². The van der Waals surface area contributed by atoms with E-state index in [4.69, 9.17) is 4.74 Å². The molecular formula is C18H23BrN2O3. The van der Waals surface area contributed by atoms with Crippen LogP contribution in [0.3, 0.4) is 0 Å². The van der Waals surface area contributed by atoms with Crippen LogP contribution < -0.4 is 4.74 Å². The number of methoxy groups -OCH3 is 1. The van der Waals surface area contributed by atoms with Crippen molar-refractivity contribution in [1.82, 2.24) is 9.80 Å². The Balaban J connectivity index is 1.62. The Kier molecular flexibility index (Phi) is 5.43. The van der Waals surface area contributed by atoms with E-state index in [0.29, 0.717) is 37.5 Å². The number of carbonyl (C=O) groups is 2. The maximum absolute atomic E-state index is 12.8. The molecule has 1 saturated carbocycles. The normalized spacial score (nSPS) is 18.8. The van der Waals surface area contributed by atoms with Crippen molar-refractivity contribution in [2.24, 2.45) is 5.92 Å². The number of rotatable bonds is 3. The Morgan fingerprint density at radius 1 is 1.08 bits per heavy atom. The first-order valence-corrected chi connectivity index (χ1v) is 9.31. The van der Waals surface area contributed by atoms with Gasteiger partial charge in [-0.15, -0.1) is 0 Å². The van der Waals surface area contributed by atoms with Crippen molar-refractivity contribution < 1.29 is 14.3 Å². The first kappa shape index (κ1) is 17.3. The van der Waals surface area contributed by atoms with E-state index in [0.717, 1.165) is 17.3 Å². The Labute approximate surface area is 151 Å². The van der Waals surface area contributed by atoms with E-state index in [1.165, 1.54) is 12.8 Å². The van der Waals surface area contributed by atoms with E-state index in [9.17, 15) is 9.59 Å². The number of ether oxygens (including phenoxy) is 1. The van der Waals surface area contributed by atoms with Crippen LogP contribution >= 0.6 is 15.9 Å². The van der Waals surface area contributed by atoms with Crippen LogP contribution in [0.4, 0.5) is 0 Å². The van der Waals surface area contributed by atoms with Gasteiger partial charge >= 0.3 is 0 Å². The van der Waals surface area contributed by atoms with Crippen LogP contribution in [0.2, 0.25) is 0 Å². The van der Waals surface area contributed by atoms with Gasteiger partial charge in [0.1, 0.15) is 5.75 Å². The maximum Gasteiger partial charge on any atom is 0.255 e. The summed E-state index contributed by atoms with van der Waals surface area (Å²) in [5, 5.41) is 0. The molecule has 2 fully saturated rings. The highest BCUT2D eigenvalue weighted by atomic mass is 79.9. The van der Waals surface area contributed by atoms with Crippen molar-refractivity contribution in [3.8, 4) is 5.75 Å². The van der Waals surface area contributed by atoms with Gasteiger partial charge in [-0.05, 0) is 47.0 Å². The molecule has 130 valence electrons. The summed E-state index contributed by atoms with van der Waals surface area (Å²) in [5.41, 5.74) is 0.602. The second-order valence-corrected chi connectivity index (χ2v) is 7.30. The van der Waals surface area contributed by atoms with Crippen LogP contribution in [0.1, 0.15) is 36.0 Å². The quantitative estimate of drug-likeness (QED) is 0.791. The molecule has 3 rings (SSSR count). The third kappa shape index (κ3) is 3.58. The Morgan fingerprint density at radius 2 is 1.71 bits per heavy atom. The number of piperazine rings is 1. The highest BCUT2D eigenvalue weighted by molar-refractivity contribution is 9.10. The third-order valence-corrected chi connectivity index (χ3v) is 5.68. The molecule has 1 saturated heterocycles. The number of nitrogens with zero attached hydrogens (tertiary/aromatic N) is 2. The summed E-state index contributed by atoms with van der Waals surface area (Å²) in [4.78, 5) is 29.0. The molecule has 1 aromatic carbocycles. The predicted molar refractivity (Wildman–Crippen MR) is 95.1 cm³/mol. The summed E-state index contributed by atoms with van der Waals surface area (Å²) in [6.45, 7) is 2.42. The minimum absolute atomic E-state index is 0.0197. The molecule has 0 radical (unpaired) electrons. The van der Waals surface area contributed by atoms with E-state index < -0.39 is 0 Å². The minimum atomic E-state index is -0.0197. The molecule has 0 atom stereocenters. The maximum atomic E-state index is 12.8. The van der Waals surface area contributed by atoms with Gasteiger partial charge in [0, 0.05) is 36.6 Å². The zero-order chi connectivity index (χ0) is 17.1. The molecule has 0 spiro atoms. The fraction of sp³-hybridized carbons (Fsp3) is 0.556. The van der Waals surface area contributed by atoms with Crippen LogP contribution in [0.25, 0.3) is 0 Å². The summed E-state index contributed by atoms with van der Waals surface area (Å²) in [5.74, 6) is 1.13. The monoisotopic (exact) mass is 394 g/mol. The molecule has 1 aromatic rings. The molecule has 1 aliphatic carbocycles. The van der Waals surface area contributed by atoms with Crippen molar-refractivity contribution in [3.05, 3.63) is 28.2 Å². The molecule has 5 nitrogen and oxygen atoms in total. The predicted octanol–water partition coefficient (Wildman–Crippen LogP) is 2.93. The summed E-state index contributed by atoms with van der Waals surface area (Å²) in [7, 11) is 1.59. The summed E-state index contributed by atoms with van der Waals surface area (Å²) < 4.78 is 5.97. The Hall–Kier alpha value is -1.56. The second kappa shape index (κ2) is 7.55. The lowest BCUT2D eigenvalue weighted by molar-refractivity contribution is -0.136. The fourth-order valence-electron chi connectivity index (χ4n) is 3.53. The lowest BCUT2D eigenvalue weighted by Crippen LogP contribution is -2.51. The van der Waals surface area contributed by atoms with Crippen molar-refractivity contribution >= 4 is 27.7 Å². The van der Waals surface area contributed by atoms with E-state index in [-0.39, 0.29) is 17.7 Å². The largest absolute Gasteiger partial charge is 0.497 e. The van der Waals surface area contributed by atoms with E-state index >= 15 is 0 Å². The summed E-state index contributed by atoms with van der Waals surface area (Å²) >= 11 is 3.44. The number of hydrogen-bond acceptors (Lipinski definition) is 3. The molecule has 0 N–H and O–H groups in total. The van der Waals surface area contributed by atoms with E-state index in [2.05, 4.69) is 15.9 Å². The van der Waals surface area contributed by atoms with Gasteiger partial charge in [-0.1, -0.05) is 12.8 Å². The average Bonchev–Trinajstić information content (AvgIpc) is 3.16. The molecule has 6 heteroatoms. The number of amides is 2. The average molecular weight is 395 g/mol. The number of halogens is 1. The van der Waals surface area contributed by atoms with Gasteiger partial charge in [-0.2, -0.15) is 0 Å². The van der Waals surface area contributed by atoms with Gasteiger partial charge in [0.2, 0.25) is 5.91 Å². The minimum Gasteiger partial charge on any atom is -0.497 e. The first-order chi connectivity index (χ1) is 11.6. The standard InChI is InChI=1S/C18H23BrN2O3/c1-24-14-6-7-16(19)15(12-14)18(23)21-10-8-20(9-11-21)17(22)13-4-2-3-5-13/h6-7,12-13H,2-5,8-11H2,1H3. The van der Waals surface area contributed by atoms with Gasteiger partial charge < -0.3 is 14.5 Å². The topological polar surface area (TPSA) is 49.9 Å². The molecule has 2 amide bonds. The van der Waals surface area contributed by atoms with Crippen molar-refractivity contribution in [2.75, 3.05) is 33.3 Å². The highest BCUT2D eigenvalue weighted by Gasteiger charge is 2.31. The van der Waals surface area contributed by atoms with Gasteiger partial charge in [-0.3, -0.25) is 9.59 Å². The SMILES string of the molecule is COc1ccc(Br)c(C(=O)N2CCN(C(=O)C3CCCC3)CC2)c1. The molecule has 0 unspecified atom stereocenters. The molecule has 24 heavy (non-hydrogen) atoms. The zero-order valence-electron chi connectivity index (χ0n) is 14.0. The molecule has 2 aliphatic rings. The van der Waals surface area contributed by atoms with Gasteiger partial charge in [0.15, 0.2) is 0 Å². The second-order valence-electron chi connectivity index (χ2n) is 6.44. The lowest BCUT2D eigenvalue weighted by Gasteiger charge is -2.36. The van der Waals surface area contributed by atoms with Crippen LogP contribution in [-0.2, 0) is 4.79 Å². The van der Waals surface area contributed by atoms with Crippen LogP contribution in [0, 0.1) is 5.92 Å². The van der Waals surface area contributed by atoms with Gasteiger partial charge in [0.05, 0.1) is 12.7 Å². The Morgan fingerprint density at radius 3 is 2.33 bits per heavy atom. The lowest BCUT2D eigenvalue weighted by atomic mass is 10.1. The van der Waals surface area contributed by atoms with Gasteiger partial charge in [0.25, 0.3) is 5.91 Å². The molecule has 0 aromatic heterocycles. The molecular weight excluding hydrogens is 372 g/mol. The number of benzene rings is 1. The number of carbonyl (C=O) groups excluding carboxylic acids is 2. The van der Waals surface area contributed by atoms with Crippen molar-refractivity contribution in [1.29, 1.82) is 0 Å². The van der Waals surface area contributed by atoms with Gasteiger partial charge in [-0.25, -0.2) is 0 Å². The number of hydrogen-bond donors (Lipinski definition) is 0. The summed E-state index contributed by atoms with van der Waals surface area (Å²) in [6, 6.07) is 5.40. The third-order valence-electron chi connectivity index (χ3n) is 4.99. The molecule has 1 aliphatic heterocycles. The Bertz CT molecular complexity index is 621. The van der Waals surface area contributed by atoms with Crippen LogP contribution in [-0.4, -0.2) is 54.9 Å². The molecule has 0 bridgehead atoms. The van der Waals surface area contributed by atoms with Crippen molar-refractivity contribution in [2.45, 2.75) is 25.7 Å². The van der Waals surface area contributed by atoms with E-state index in [1.54, 1.807) is 13.2 Å². The zero-order valence-corrected chi connectivity index (χ0v) is 15.5. The summed E-state index contributed by atoms with van der Waals surface area (Å²) in [6.07, 6.45) is 4.38.